The van der Waals surface area contributed by atoms with Crippen molar-refractivity contribution >= 4 is 19.8 Å². The number of esters is 2. The van der Waals surface area contributed by atoms with Gasteiger partial charge < -0.3 is 18.9 Å². The highest BCUT2D eigenvalue weighted by Gasteiger charge is 2.27. The van der Waals surface area contributed by atoms with Gasteiger partial charge >= 0.3 is 19.8 Å². The summed E-state index contributed by atoms with van der Waals surface area (Å²) < 4.78 is 34.4. The lowest BCUT2D eigenvalue weighted by atomic mass is 10.0. The zero-order chi connectivity index (χ0) is 43.6. The number of rotatable bonds is 44. The van der Waals surface area contributed by atoms with E-state index in [-0.39, 0.29) is 32.0 Å². The predicted molar refractivity (Wildman–Crippen MR) is 247 cm³/mol. The third-order valence-electron chi connectivity index (χ3n) is 10.4. The molecule has 9 nitrogen and oxygen atoms in total. The van der Waals surface area contributed by atoms with E-state index in [2.05, 4.69) is 50.3 Å². The number of ether oxygens (including phenoxy) is 2. The van der Waals surface area contributed by atoms with E-state index < -0.39 is 26.5 Å². The molecule has 1 N–H and O–H groups in total. The average molecular weight is 855 g/mol. The van der Waals surface area contributed by atoms with E-state index in [9.17, 15) is 19.0 Å². The topological polar surface area (TPSA) is 108 Å². The summed E-state index contributed by atoms with van der Waals surface area (Å²) >= 11 is 0. The van der Waals surface area contributed by atoms with Crippen molar-refractivity contribution in [3.63, 3.8) is 0 Å². The number of hydrogen-bond acceptors (Lipinski definition) is 7. The highest BCUT2D eigenvalue weighted by atomic mass is 31.2. The normalized spacial score (nSPS) is 13.8. The van der Waals surface area contributed by atoms with E-state index in [1.807, 2.05) is 21.1 Å². The van der Waals surface area contributed by atoms with Gasteiger partial charge in [-0.2, -0.15) is 0 Å². The molecule has 0 amide bonds. The van der Waals surface area contributed by atoms with Gasteiger partial charge in [0.15, 0.2) is 6.10 Å². The molecule has 2 atom stereocenters. The standard InChI is InChI=1S/C49H92NO8P/c1-6-8-10-12-14-16-18-20-22-23-24-25-26-28-29-31-33-35-37-39-41-48(51)55-45-47(46-57-59(53,54)56-44-43-50(3,4)5)58-49(52)42-40-38-36-34-32-30-27-21-19-17-15-13-11-9-7-2/h9,11,15,17,21,27,47H,6-8,10,12-14,16,18-20,22-26,28-46H2,1-5H3/p+1/b11-9-,17-15-,27-21-. The molecule has 346 valence electrons. The molecule has 10 heteroatoms. The third kappa shape index (κ3) is 45.6. The van der Waals surface area contributed by atoms with E-state index in [4.69, 9.17) is 18.5 Å². The Hall–Kier alpha value is -1.77. The number of phosphoric ester groups is 1. The van der Waals surface area contributed by atoms with Gasteiger partial charge in [-0.15, -0.1) is 0 Å². The molecule has 0 aliphatic carbocycles. The Morgan fingerprint density at radius 2 is 0.966 bits per heavy atom. The number of carbonyl (C=O) groups excluding carboxylic acids is 2. The Kier molecular flexibility index (Phi) is 40.3. The highest BCUT2D eigenvalue weighted by molar-refractivity contribution is 7.47. The van der Waals surface area contributed by atoms with Crippen LogP contribution in [0.15, 0.2) is 36.5 Å². The number of carbonyl (C=O) groups is 2. The minimum atomic E-state index is -4.38. The van der Waals surface area contributed by atoms with E-state index in [1.54, 1.807) is 0 Å². The quantitative estimate of drug-likeness (QED) is 0.0212. The van der Waals surface area contributed by atoms with E-state index >= 15 is 0 Å². The van der Waals surface area contributed by atoms with Crippen molar-refractivity contribution in [2.24, 2.45) is 0 Å². The summed E-state index contributed by atoms with van der Waals surface area (Å²) in [5.41, 5.74) is 0. The first-order chi connectivity index (χ1) is 28.5. The molecule has 0 fully saturated rings. The fraction of sp³-hybridized carbons (Fsp3) is 0.837. The SMILES string of the molecule is CC/C=C\C/C=C\C/C=C\CCCCCCCC(=O)OC(COC(=O)CCCCCCCCCCCCCCCCCCCCCC)COP(=O)(O)OCC[N+](C)(C)C. The van der Waals surface area contributed by atoms with Crippen LogP contribution in [0, 0.1) is 0 Å². The molecule has 0 saturated heterocycles. The van der Waals surface area contributed by atoms with Crippen LogP contribution in [0.3, 0.4) is 0 Å². The second-order valence-electron chi connectivity index (χ2n) is 17.5. The van der Waals surface area contributed by atoms with Crippen molar-refractivity contribution in [1.82, 2.24) is 0 Å². The number of likely N-dealkylation sites (N-methyl/N-ethyl adjacent to an activating group) is 1. The fourth-order valence-corrected chi connectivity index (χ4v) is 7.42. The smallest absolute Gasteiger partial charge is 0.462 e. The van der Waals surface area contributed by atoms with Crippen molar-refractivity contribution in [1.29, 1.82) is 0 Å². The Labute approximate surface area is 363 Å². The number of nitrogens with zero attached hydrogens (tertiary/aromatic N) is 1. The zero-order valence-corrected chi connectivity index (χ0v) is 39.9. The second kappa shape index (κ2) is 41.6. The summed E-state index contributed by atoms with van der Waals surface area (Å²) in [6, 6.07) is 0. The first-order valence-corrected chi connectivity index (χ1v) is 25.7. The number of hydrogen-bond donors (Lipinski definition) is 1. The molecule has 0 aromatic heterocycles. The molecule has 59 heavy (non-hydrogen) atoms. The summed E-state index contributed by atoms with van der Waals surface area (Å²) in [6.07, 6.45) is 47.7. The van der Waals surface area contributed by atoms with Crippen LogP contribution in [0.4, 0.5) is 0 Å². The fourth-order valence-electron chi connectivity index (χ4n) is 6.68. The molecule has 2 unspecified atom stereocenters. The maximum absolute atomic E-state index is 12.7. The maximum atomic E-state index is 12.7. The van der Waals surface area contributed by atoms with Crippen LogP contribution in [-0.2, 0) is 32.7 Å². The van der Waals surface area contributed by atoms with E-state index in [0.717, 1.165) is 70.6 Å². The molecule has 0 heterocycles. The molecule has 0 spiro atoms. The van der Waals surface area contributed by atoms with Crippen LogP contribution in [0.2, 0.25) is 0 Å². The molecule has 0 rings (SSSR count). The monoisotopic (exact) mass is 855 g/mol. The Balaban J connectivity index is 4.26. The van der Waals surface area contributed by atoms with Crippen LogP contribution in [-0.4, -0.2) is 74.9 Å². The van der Waals surface area contributed by atoms with Crippen LogP contribution in [0.25, 0.3) is 0 Å². The maximum Gasteiger partial charge on any atom is 0.472 e. The van der Waals surface area contributed by atoms with Crippen molar-refractivity contribution in [2.75, 3.05) is 47.5 Å². The molecule has 0 radical (unpaired) electrons. The first kappa shape index (κ1) is 57.2. The van der Waals surface area contributed by atoms with E-state index in [0.29, 0.717) is 17.4 Å². The van der Waals surface area contributed by atoms with Gasteiger partial charge in [-0.05, 0) is 44.9 Å². The van der Waals surface area contributed by atoms with Gasteiger partial charge in [0, 0.05) is 12.8 Å². The summed E-state index contributed by atoms with van der Waals surface area (Å²) in [6.45, 7) is 4.32. The average Bonchev–Trinajstić information content (AvgIpc) is 3.19. The lowest BCUT2D eigenvalue weighted by molar-refractivity contribution is -0.870. The largest absolute Gasteiger partial charge is 0.472 e. The van der Waals surface area contributed by atoms with Crippen LogP contribution in [0.5, 0.6) is 0 Å². The van der Waals surface area contributed by atoms with Crippen molar-refractivity contribution in [2.45, 2.75) is 219 Å². The molecule has 0 aromatic carbocycles. The minimum Gasteiger partial charge on any atom is -0.462 e. The van der Waals surface area contributed by atoms with E-state index in [1.165, 1.54) is 109 Å². The van der Waals surface area contributed by atoms with Gasteiger partial charge in [-0.25, -0.2) is 4.57 Å². The van der Waals surface area contributed by atoms with Crippen LogP contribution < -0.4 is 0 Å². The number of allylic oxidation sites excluding steroid dienone is 6. The lowest BCUT2D eigenvalue weighted by Gasteiger charge is -2.24. The van der Waals surface area contributed by atoms with Crippen molar-refractivity contribution in [3.05, 3.63) is 36.5 Å². The van der Waals surface area contributed by atoms with Crippen molar-refractivity contribution < 1.29 is 42.1 Å². The van der Waals surface area contributed by atoms with Gasteiger partial charge in [-0.1, -0.05) is 192 Å². The summed E-state index contributed by atoms with van der Waals surface area (Å²) in [5.74, 6) is -0.811. The van der Waals surface area contributed by atoms with Gasteiger partial charge in [0.25, 0.3) is 0 Å². The minimum absolute atomic E-state index is 0.0288. The number of unbranched alkanes of at least 4 members (excludes halogenated alkanes) is 24. The summed E-state index contributed by atoms with van der Waals surface area (Å²) in [7, 11) is 1.47. The molecular formula is C49H93NO8P+. The lowest BCUT2D eigenvalue weighted by Crippen LogP contribution is -2.37. The molecular weight excluding hydrogens is 762 g/mol. The zero-order valence-electron chi connectivity index (χ0n) is 39.0. The summed E-state index contributed by atoms with van der Waals surface area (Å²) in [5, 5.41) is 0. The van der Waals surface area contributed by atoms with Gasteiger partial charge in [0.05, 0.1) is 27.7 Å². The third-order valence-corrected chi connectivity index (χ3v) is 11.4. The first-order valence-electron chi connectivity index (χ1n) is 24.2. The Morgan fingerprint density at radius 3 is 1.44 bits per heavy atom. The van der Waals surface area contributed by atoms with Gasteiger partial charge in [0.1, 0.15) is 19.8 Å². The number of quaternary nitrogens is 1. The molecule has 0 bridgehead atoms. The van der Waals surface area contributed by atoms with Gasteiger partial charge in [-0.3, -0.25) is 18.6 Å². The molecule has 0 aliphatic heterocycles. The Morgan fingerprint density at radius 1 is 0.542 bits per heavy atom. The van der Waals surface area contributed by atoms with Crippen molar-refractivity contribution in [3.8, 4) is 0 Å². The highest BCUT2D eigenvalue weighted by Crippen LogP contribution is 2.43. The predicted octanol–water partition coefficient (Wildman–Crippen LogP) is 14.1. The molecule has 0 aromatic rings. The molecule has 0 saturated carbocycles. The number of phosphoric acid groups is 1. The second-order valence-corrected chi connectivity index (χ2v) is 18.9. The van der Waals surface area contributed by atoms with Gasteiger partial charge in [0.2, 0.25) is 0 Å². The Bertz CT molecular complexity index is 1100. The van der Waals surface area contributed by atoms with Crippen LogP contribution in [0.1, 0.15) is 213 Å². The summed E-state index contributed by atoms with van der Waals surface area (Å²) in [4.78, 5) is 35.5. The molecule has 0 aliphatic rings. The van der Waals surface area contributed by atoms with Crippen LogP contribution >= 0.6 is 7.82 Å².